The van der Waals surface area contributed by atoms with Gasteiger partial charge in [-0.05, 0) is 24.3 Å². The molecule has 0 saturated heterocycles. The van der Waals surface area contributed by atoms with Crippen molar-refractivity contribution < 1.29 is 4.79 Å². The molecule has 1 amide bonds. The highest BCUT2D eigenvalue weighted by Gasteiger charge is 2.20. The number of nitrogens with zero attached hydrogens (tertiary/aromatic N) is 1. The number of aromatic amines is 1. The average Bonchev–Trinajstić information content (AvgIpc) is 2.97. The Morgan fingerprint density at radius 3 is 3.00 bits per heavy atom. The molecule has 0 spiro atoms. The molecular weight excluding hydrogens is 320 g/mol. The third-order valence-corrected chi connectivity index (χ3v) is 4.76. The van der Waals surface area contributed by atoms with Crippen LogP contribution in [-0.4, -0.2) is 34.9 Å². The summed E-state index contributed by atoms with van der Waals surface area (Å²) in [7, 11) is 0. The highest BCUT2D eigenvalue weighted by atomic mass is 35.5. The SMILES string of the molecule is O=C(NCCSc1ccc(Cl)cc1)c1n[nH]c2c1CNCC2. The molecule has 2 aromatic rings. The van der Waals surface area contributed by atoms with E-state index in [9.17, 15) is 4.79 Å². The topological polar surface area (TPSA) is 69.8 Å². The first-order chi connectivity index (χ1) is 10.7. The van der Waals surface area contributed by atoms with Crippen LogP contribution >= 0.6 is 23.4 Å². The number of benzene rings is 1. The molecule has 5 nitrogen and oxygen atoms in total. The van der Waals surface area contributed by atoms with Crippen LogP contribution in [0.25, 0.3) is 0 Å². The maximum absolute atomic E-state index is 12.2. The van der Waals surface area contributed by atoms with Gasteiger partial charge in [0.15, 0.2) is 5.69 Å². The number of amides is 1. The summed E-state index contributed by atoms with van der Waals surface area (Å²) in [4.78, 5) is 13.3. The minimum absolute atomic E-state index is 0.113. The van der Waals surface area contributed by atoms with Crippen LogP contribution in [0, 0.1) is 0 Å². The standard InChI is InChI=1S/C15H17ClN4OS/c16-10-1-3-11(4-2-10)22-8-7-18-15(21)14-12-9-17-6-5-13(12)19-20-14/h1-4,17H,5-9H2,(H,18,21)(H,19,20). The molecule has 3 N–H and O–H groups in total. The van der Waals surface area contributed by atoms with Crippen LogP contribution in [0.2, 0.25) is 5.02 Å². The zero-order valence-electron chi connectivity index (χ0n) is 12.0. The molecule has 0 saturated carbocycles. The highest BCUT2D eigenvalue weighted by Crippen LogP contribution is 2.20. The summed E-state index contributed by atoms with van der Waals surface area (Å²) < 4.78 is 0. The van der Waals surface area contributed by atoms with Crippen molar-refractivity contribution in [2.45, 2.75) is 17.9 Å². The Morgan fingerprint density at radius 2 is 2.18 bits per heavy atom. The van der Waals surface area contributed by atoms with Crippen molar-refractivity contribution in [3.63, 3.8) is 0 Å². The van der Waals surface area contributed by atoms with Gasteiger partial charge in [0.1, 0.15) is 0 Å². The molecule has 22 heavy (non-hydrogen) atoms. The van der Waals surface area contributed by atoms with E-state index in [1.165, 1.54) is 0 Å². The van der Waals surface area contributed by atoms with Gasteiger partial charge in [-0.15, -0.1) is 11.8 Å². The first kappa shape index (κ1) is 15.4. The predicted octanol–water partition coefficient (Wildman–Crippen LogP) is 2.23. The van der Waals surface area contributed by atoms with E-state index in [1.54, 1.807) is 11.8 Å². The summed E-state index contributed by atoms with van der Waals surface area (Å²) in [5.41, 5.74) is 2.58. The Balaban J connectivity index is 1.48. The number of thioether (sulfide) groups is 1. The summed E-state index contributed by atoms with van der Waals surface area (Å²) >= 11 is 7.53. The van der Waals surface area contributed by atoms with E-state index in [2.05, 4.69) is 20.8 Å². The molecule has 7 heteroatoms. The lowest BCUT2D eigenvalue weighted by Crippen LogP contribution is -2.29. The number of aromatic nitrogens is 2. The van der Waals surface area contributed by atoms with Gasteiger partial charge in [-0.2, -0.15) is 5.10 Å². The second-order valence-corrected chi connectivity index (χ2v) is 6.62. The molecule has 116 valence electrons. The number of carbonyl (C=O) groups is 1. The van der Waals surface area contributed by atoms with Crippen molar-refractivity contribution in [1.29, 1.82) is 0 Å². The van der Waals surface area contributed by atoms with Crippen LogP contribution in [0.4, 0.5) is 0 Å². The first-order valence-electron chi connectivity index (χ1n) is 7.17. The van der Waals surface area contributed by atoms with E-state index in [0.29, 0.717) is 18.8 Å². The number of hydrogen-bond donors (Lipinski definition) is 3. The molecule has 0 unspecified atom stereocenters. The second-order valence-electron chi connectivity index (χ2n) is 5.01. The number of halogens is 1. The Labute approximate surface area is 138 Å². The van der Waals surface area contributed by atoms with Gasteiger partial charge in [0.2, 0.25) is 0 Å². The Kier molecular flexibility index (Phi) is 5.02. The molecule has 2 heterocycles. The molecule has 0 aliphatic carbocycles. The predicted molar refractivity (Wildman–Crippen MR) is 88.5 cm³/mol. The van der Waals surface area contributed by atoms with Crippen molar-refractivity contribution in [1.82, 2.24) is 20.8 Å². The summed E-state index contributed by atoms with van der Waals surface area (Å²) in [6.45, 7) is 2.23. The lowest BCUT2D eigenvalue weighted by atomic mass is 10.1. The summed E-state index contributed by atoms with van der Waals surface area (Å²) in [5, 5.41) is 14.0. The Morgan fingerprint density at radius 1 is 1.36 bits per heavy atom. The molecule has 0 bridgehead atoms. The zero-order valence-corrected chi connectivity index (χ0v) is 13.6. The zero-order chi connectivity index (χ0) is 15.4. The van der Waals surface area contributed by atoms with Gasteiger partial charge in [-0.25, -0.2) is 0 Å². The Bertz CT molecular complexity index is 656. The number of carbonyl (C=O) groups excluding carboxylic acids is 1. The molecule has 0 atom stereocenters. The maximum Gasteiger partial charge on any atom is 0.272 e. The van der Waals surface area contributed by atoms with Gasteiger partial charge in [0.25, 0.3) is 5.91 Å². The second kappa shape index (κ2) is 7.17. The maximum atomic E-state index is 12.2. The van der Waals surface area contributed by atoms with Crippen molar-refractivity contribution >= 4 is 29.3 Å². The van der Waals surface area contributed by atoms with Crippen LogP contribution in [-0.2, 0) is 13.0 Å². The van der Waals surface area contributed by atoms with E-state index in [0.717, 1.165) is 39.9 Å². The van der Waals surface area contributed by atoms with Crippen LogP contribution < -0.4 is 10.6 Å². The molecule has 0 radical (unpaired) electrons. The number of fused-ring (bicyclic) bond motifs is 1. The monoisotopic (exact) mass is 336 g/mol. The molecule has 0 fully saturated rings. The molecular formula is C15H17ClN4OS. The Hall–Kier alpha value is -1.50. The van der Waals surface area contributed by atoms with Crippen LogP contribution in [0.5, 0.6) is 0 Å². The highest BCUT2D eigenvalue weighted by molar-refractivity contribution is 7.99. The fourth-order valence-electron chi connectivity index (χ4n) is 2.36. The third kappa shape index (κ3) is 3.63. The van der Waals surface area contributed by atoms with Crippen molar-refractivity contribution in [2.75, 3.05) is 18.8 Å². The molecule has 1 aliphatic heterocycles. The summed E-state index contributed by atoms with van der Waals surface area (Å²) in [6.07, 6.45) is 0.891. The molecule has 1 aromatic carbocycles. The van der Waals surface area contributed by atoms with E-state index in [4.69, 9.17) is 11.6 Å². The fourth-order valence-corrected chi connectivity index (χ4v) is 3.26. The van der Waals surface area contributed by atoms with Crippen molar-refractivity contribution in [2.24, 2.45) is 0 Å². The minimum Gasteiger partial charge on any atom is -0.350 e. The van der Waals surface area contributed by atoms with Crippen LogP contribution in [0.15, 0.2) is 29.2 Å². The smallest absolute Gasteiger partial charge is 0.272 e. The normalized spacial score (nSPS) is 13.7. The number of rotatable bonds is 5. The quantitative estimate of drug-likeness (QED) is 0.578. The van der Waals surface area contributed by atoms with Gasteiger partial charge in [0.05, 0.1) is 0 Å². The summed E-state index contributed by atoms with van der Waals surface area (Å²) in [5.74, 6) is 0.691. The van der Waals surface area contributed by atoms with Gasteiger partial charge in [-0.3, -0.25) is 9.89 Å². The van der Waals surface area contributed by atoms with Crippen LogP contribution in [0.1, 0.15) is 21.7 Å². The van der Waals surface area contributed by atoms with Gasteiger partial charge in [-0.1, -0.05) is 11.6 Å². The van der Waals surface area contributed by atoms with Gasteiger partial charge < -0.3 is 10.6 Å². The molecule has 1 aromatic heterocycles. The van der Waals surface area contributed by atoms with Gasteiger partial charge >= 0.3 is 0 Å². The van der Waals surface area contributed by atoms with E-state index < -0.39 is 0 Å². The van der Waals surface area contributed by atoms with Crippen molar-refractivity contribution in [3.05, 3.63) is 46.2 Å². The third-order valence-electron chi connectivity index (χ3n) is 3.49. The molecule has 3 rings (SSSR count). The number of hydrogen-bond acceptors (Lipinski definition) is 4. The van der Waals surface area contributed by atoms with Crippen molar-refractivity contribution in [3.8, 4) is 0 Å². The van der Waals surface area contributed by atoms with E-state index in [1.807, 2.05) is 24.3 Å². The lowest BCUT2D eigenvalue weighted by molar-refractivity contribution is 0.0950. The largest absolute Gasteiger partial charge is 0.350 e. The minimum atomic E-state index is -0.113. The fraction of sp³-hybridized carbons (Fsp3) is 0.333. The molecule has 1 aliphatic rings. The van der Waals surface area contributed by atoms with E-state index in [-0.39, 0.29) is 5.91 Å². The van der Waals surface area contributed by atoms with Gasteiger partial charge in [0, 0.05) is 53.0 Å². The van der Waals surface area contributed by atoms with E-state index >= 15 is 0 Å². The average molecular weight is 337 g/mol. The van der Waals surface area contributed by atoms with Crippen LogP contribution in [0.3, 0.4) is 0 Å². The number of nitrogens with one attached hydrogen (secondary N) is 3. The summed E-state index contributed by atoms with van der Waals surface area (Å²) in [6, 6.07) is 7.69. The lowest BCUT2D eigenvalue weighted by Gasteiger charge is -2.12. The number of H-pyrrole nitrogens is 1. The first-order valence-corrected chi connectivity index (χ1v) is 8.54.